The van der Waals surface area contributed by atoms with E-state index in [0.717, 1.165) is 35.4 Å². The minimum absolute atomic E-state index is 0.0188. The molecular formula is C26H25Cl2FN6O4S. The lowest BCUT2D eigenvalue weighted by Crippen LogP contribution is -2.73. The van der Waals surface area contributed by atoms with Crippen LogP contribution in [0.2, 0.25) is 10.0 Å². The van der Waals surface area contributed by atoms with E-state index in [2.05, 4.69) is 25.1 Å². The number of H-pyrrole nitrogens is 1. The molecule has 2 aliphatic rings. The van der Waals surface area contributed by atoms with Crippen LogP contribution in [0, 0.1) is 11.4 Å². The van der Waals surface area contributed by atoms with Crippen LogP contribution in [0.3, 0.4) is 0 Å². The van der Waals surface area contributed by atoms with Crippen molar-refractivity contribution in [2.75, 3.05) is 44.4 Å². The molecule has 1 aromatic carbocycles. The molecule has 0 aliphatic carbocycles. The van der Waals surface area contributed by atoms with Crippen molar-refractivity contribution < 1.29 is 22.3 Å². The number of aromatic nitrogens is 4. The molecule has 3 aromatic heterocycles. The summed E-state index contributed by atoms with van der Waals surface area (Å²) < 4.78 is 50.6. The van der Waals surface area contributed by atoms with E-state index in [-0.39, 0.29) is 21.0 Å². The molecule has 2 saturated heterocycles. The lowest BCUT2D eigenvalue weighted by atomic mass is 9.74. The summed E-state index contributed by atoms with van der Waals surface area (Å²) in [7, 11) is -1.61. The molecule has 2 aliphatic heterocycles. The number of methoxy groups -OCH3 is 1. The number of aromatic amines is 1. The number of nitrogens with zero attached hydrogens (tertiary/aromatic N) is 5. The van der Waals surface area contributed by atoms with Crippen molar-refractivity contribution in [3.63, 3.8) is 0 Å². The first-order valence-electron chi connectivity index (χ1n) is 12.4. The van der Waals surface area contributed by atoms with Crippen LogP contribution in [0.15, 0.2) is 36.7 Å². The molecule has 4 aromatic rings. The first-order valence-corrected chi connectivity index (χ1v) is 15.0. The van der Waals surface area contributed by atoms with Crippen LogP contribution in [0.5, 0.6) is 11.5 Å². The van der Waals surface area contributed by atoms with Gasteiger partial charge in [-0.2, -0.15) is 9.49 Å². The molecular weight excluding hydrogens is 582 g/mol. The Morgan fingerprint density at radius 1 is 1.10 bits per heavy atom. The molecule has 0 radical (unpaired) electrons. The van der Waals surface area contributed by atoms with Crippen LogP contribution in [0.4, 0.5) is 10.2 Å². The zero-order valence-corrected chi connectivity index (χ0v) is 24.1. The standard InChI is InChI=1S/C26H25Cl2FN6O4S/c1-14(22-17(27)9-31-25(29)23(22)28)39-20-6-16-18(7-19(20)38-2)32-33-24(16)15-4-5-21(30-8-15)34-10-26(11-34)12-35(13-26)40(3,36)37/h4-9,14H,10-13H2,1-3H3,(H,32,33)/t14-/m1/s1. The maximum atomic E-state index is 14.0. The highest BCUT2D eigenvalue weighted by Crippen LogP contribution is 2.43. The van der Waals surface area contributed by atoms with Gasteiger partial charge in [-0.25, -0.2) is 22.7 Å². The smallest absolute Gasteiger partial charge is 0.232 e. The van der Waals surface area contributed by atoms with Gasteiger partial charge in [0.1, 0.15) is 22.6 Å². The molecule has 0 bridgehead atoms. The summed E-state index contributed by atoms with van der Waals surface area (Å²) in [5, 5.41) is 8.27. The number of ether oxygens (including phenoxy) is 2. The predicted molar refractivity (Wildman–Crippen MR) is 150 cm³/mol. The molecule has 0 saturated carbocycles. The molecule has 6 rings (SSSR count). The highest BCUT2D eigenvalue weighted by atomic mass is 35.5. The van der Waals surface area contributed by atoms with E-state index in [1.165, 1.54) is 23.9 Å². The molecule has 0 amide bonds. The highest BCUT2D eigenvalue weighted by Gasteiger charge is 2.54. The summed E-state index contributed by atoms with van der Waals surface area (Å²) >= 11 is 12.4. The number of sulfonamides is 1. The van der Waals surface area contributed by atoms with Gasteiger partial charge < -0.3 is 14.4 Å². The van der Waals surface area contributed by atoms with Gasteiger partial charge in [-0.1, -0.05) is 23.2 Å². The quantitative estimate of drug-likeness (QED) is 0.301. The second-order valence-electron chi connectivity index (χ2n) is 10.3. The van der Waals surface area contributed by atoms with E-state index in [0.29, 0.717) is 30.3 Å². The van der Waals surface area contributed by atoms with Gasteiger partial charge in [0.05, 0.1) is 23.9 Å². The molecule has 14 heteroatoms. The third-order valence-corrected chi connectivity index (χ3v) is 9.27. The normalized spacial score (nSPS) is 17.5. The average Bonchev–Trinajstić information content (AvgIpc) is 3.26. The van der Waals surface area contributed by atoms with Crippen molar-refractivity contribution >= 4 is 49.9 Å². The van der Waals surface area contributed by atoms with E-state index >= 15 is 0 Å². The summed E-state index contributed by atoms with van der Waals surface area (Å²) in [6.45, 7) is 4.36. The summed E-state index contributed by atoms with van der Waals surface area (Å²) in [4.78, 5) is 10.3. The van der Waals surface area contributed by atoms with Crippen molar-refractivity contribution in [2.45, 2.75) is 13.0 Å². The average molecular weight is 607 g/mol. The summed E-state index contributed by atoms with van der Waals surface area (Å²) in [5.74, 6) is 0.837. The summed E-state index contributed by atoms with van der Waals surface area (Å²) in [6, 6.07) is 7.43. The number of rotatable bonds is 7. The van der Waals surface area contributed by atoms with E-state index in [9.17, 15) is 12.8 Å². The number of halogens is 3. The predicted octanol–water partition coefficient (Wildman–Crippen LogP) is 4.70. The van der Waals surface area contributed by atoms with Crippen LogP contribution in [-0.2, 0) is 10.0 Å². The van der Waals surface area contributed by atoms with Crippen molar-refractivity contribution in [3.05, 3.63) is 58.2 Å². The number of fused-ring (bicyclic) bond motifs is 1. The Kier molecular flexibility index (Phi) is 6.56. The zero-order chi connectivity index (χ0) is 28.4. The second kappa shape index (κ2) is 9.72. The monoisotopic (exact) mass is 606 g/mol. The van der Waals surface area contributed by atoms with E-state index in [1.807, 2.05) is 12.1 Å². The molecule has 10 nitrogen and oxygen atoms in total. The lowest BCUT2D eigenvalue weighted by molar-refractivity contribution is 0.0395. The number of nitrogens with one attached hydrogen (secondary N) is 1. The molecule has 1 spiro atoms. The molecule has 1 N–H and O–H groups in total. The molecule has 40 heavy (non-hydrogen) atoms. The van der Waals surface area contributed by atoms with E-state index in [4.69, 9.17) is 32.7 Å². The third kappa shape index (κ3) is 4.62. The van der Waals surface area contributed by atoms with Gasteiger partial charge >= 0.3 is 0 Å². The number of hydrogen-bond donors (Lipinski definition) is 1. The Bertz CT molecular complexity index is 1720. The van der Waals surface area contributed by atoms with Crippen LogP contribution < -0.4 is 14.4 Å². The van der Waals surface area contributed by atoms with Crippen LogP contribution in [0.25, 0.3) is 22.2 Å². The zero-order valence-electron chi connectivity index (χ0n) is 21.8. The van der Waals surface area contributed by atoms with Crippen molar-refractivity contribution in [3.8, 4) is 22.8 Å². The second-order valence-corrected chi connectivity index (χ2v) is 13.1. The van der Waals surface area contributed by atoms with Gasteiger partial charge in [0.25, 0.3) is 0 Å². The first-order chi connectivity index (χ1) is 19.0. The summed E-state index contributed by atoms with van der Waals surface area (Å²) in [5.41, 5.74) is 2.49. The van der Waals surface area contributed by atoms with Crippen molar-refractivity contribution in [1.82, 2.24) is 24.5 Å². The Hall–Kier alpha value is -3.19. The molecule has 210 valence electrons. The molecule has 2 fully saturated rings. The van der Waals surface area contributed by atoms with Crippen LogP contribution in [0.1, 0.15) is 18.6 Å². The van der Waals surface area contributed by atoms with Gasteiger partial charge in [0.15, 0.2) is 11.5 Å². The largest absolute Gasteiger partial charge is 0.493 e. The van der Waals surface area contributed by atoms with Gasteiger partial charge in [0.2, 0.25) is 16.0 Å². The first kappa shape index (κ1) is 27.0. The minimum atomic E-state index is -3.14. The van der Waals surface area contributed by atoms with Gasteiger partial charge in [-0.15, -0.1) is 0 Å². The lowest BCUT2D eigenvalue weighted by Gasteiger charge is -2.59. The fraction of sp³-hybridized carbons (Fsp3) is 0.346. The highest BCUT2D eigenvalue weighted by molar-refractivity contribution is 7.88. The van der Waals surface area contributed by atoms with Gasteiger partial charge in [0, 0.05) is 66.6 Å². The fourth-order valence-electron chi connectivity index (χ4n) is 5.35. The number of anilines is 1. The number of benzene rings is 1. The Balaban J connectivity index is 1.23. The maximum Gasteiger partial charge on any atom is 0.232 e. The summed E-state index contributed by atoms with van der Waals surface area (Å²) in [6.07, 6.45) is 3.49. The molecule has 1 atom stereocenters. The van der Waals surface area contributed by atoms with Crippen LogP contribution in [-0.4, -0.2) is 72.4 Å². The fourth-order valence-corrected chi connectivity index (χ4v) is 7.02. The van der Waals surface area contributed by atoms with Crippen LogP contribution >= 0.6 is 23.2 Å². The van der Waals surface area contributed by atoms with E-state index < -0.39 is 22.1 Å². The molecule has 0 unspecified atom stereocenters. The van der Waals surface area contributed by atoms with E-state index in [1.54, 1.807) is 25.3 Å². The van der Waals surface area contributed by atoms with Crippen molar-refractivity contribution in [2.24, 2.45) is 5.41 Å². The Morgan fingerprint density at radius 3 is 2.50 bits per heavy atom. The Morgan fingerprint density at radius 2 is 1.85 bits per heavy atom. The number of hydrogen-bond acceptors (Lipinski definition) is 8. The van der Waals surface area contributed by atoms with Crippen molar-refractivity contribution in [1.29, 1.82) is 0 Å². The maximum absolute atomic E-state index is 14.0. The SMILES string of the molecule is COc1cc2[nH]nc(-c3ccc(N4CC5(C4)CN(S(C)(=O)=O)C5)nc3)c2cc1O[C@H](C)c1c(Cl)cnc(F)c1Cl. The van der Waals surface area contributed by atoms with Gasteiger partial charge in [-0.3, -0.25) is 5.10 Å². The topological polar surface area (TPSA) is 114 Å². The number of pyridine rings is 2. The molecule has 5 heterocycles. The third-order valence-electron chi connectivity index (χ3n) is 7.41. The van der Waals surface area contributed by atoms with Gasteiger partial charge in [-0.05, 0) is 25.1 Å². The Labute approximate surface area is 240 Å². The minimum Gasteiger partial charge on any atom is -0.493 e.